The lowest BCUT2D eigenvalue weighted by Gasteiger charge is -2.22. The van der Waals surface area contributed by atoms with Crippen molar-refractivity contribution >= 4 is 29.8 Å². The van der Waals surface area contributed by atoms with E-state index >= 15 is 0 Å². The summed E-state index contributed by atoms with van der Waals surface area (Å²) >= 11 is 0. The minimum atomic E-state index is -0.205. The molecule has 2 rings (SSSR count). The molecule has 3 N–H and O–H groups in total. The van der Waals surface area contributed by atoms with E-state index in [9.17, 15) is 4.79 Å². The molecule has 1 aromatic heterocycles. The molecular weight excluding hydrogens is 394 g/mol. The third-order valence-corrected chi connectivity index (χ3v) is 4.80. The minimum absolute atomic E-state index is 0.0900. The number of anilines is 1. The summed E-state index contributed by atoms with van der Waals surface area (Å²) in [6, 6.07) is 0. The molecule has 31 heavy (non-hydrogen) atoms. The molecule has 0 saturated carbocycles. The molecule has 9 heteroatoms. The van der Waals surface area contributed by atoms with Gasteiger partial charge in [-0.2, -0.15) is 0 Å². The number of carbonyl (C=O) groups excluding carboxylic acids is 1. The van der Waals surface area contributed by atoms with Crippen LogP contribution in [-0.4, -0.2) is 54.0 Å². The number of rotatable bonds is 10. The number of aromatic nitrogens is 2. The number of hydrogen-bond donors (Lipinski definition) is 3. The Morgan fingerprint density at radius 3 is 2.71 bits per heavy atom. The van der Waals surface area contributed by atoms with Gasteiger partial charge in [-0.3, -0.25) is 4.79 Å². The van der Waals surface area contributed by atoms with Gasteiger partial charge < -0.3 is 20.7 Å². The Kier molecular flexibility index (Phi) is 9.33. The van der Waals surface area contributed by atoms with Crippen LogP contribution in [0, 0.1) is 12.8 Å². The van der Waals surface area contributed by atoms with Crippen LogP contribution in [0.2, 0.25) is 0 Å². The SMILES string of the molecule is C=C/C(Nc1ncnc(C)c1/N=C(\C)C(=O)NCC1CCNCC1)=C(\N=C)OC(C)C. The predicted octanol–water partition coefficient (Wildman–Crippen LogP) is 2.89. The summed E-state index contributed by atoms with van der Waals surface area (Å²) in [6.45, 7) is 17.3. The maximum absolute atomic E-state index is 12.6. The smallest absolute Gasteiger partial charge is 0.265 e. The van der Waals surface area contributed by atoms with Crippen molar-refractivity contribution in [2.45, 2.75) is 46.6 Å². The van der Waals surface area contributed by atoms with Gasteiger partial charge in [0.2, 0.25) is 5.88 Å². The van der Waals surface area contributed by atoms with Gasteiger partial charge in [0.15, 0.2) is 5.82 Å². The van der Waals surface area contributed by atoms with E-state index in [0.717, 1.165) is 25.9 Å². The van der Waals surface area contributed by atoms with Crippen molar-refractivity contribution in [1.29, 1.82) is 0 Å². The van der Waals surface area contributed by atoms with Gasteiger partial charge in [0.05, 0.1) is 11.8 Å². The number of nitrogens with zero attached hydrogens (tertiary/aromatic N) is 4. The number of aryl methyl sites for hydroxylation is 1. The maximum Gasteiger partial charge on any atom is 0.265 e. The van der Waals surface area contributed by atoms with E-state index in [0.29, 0.717) is 47.0 Å². The average molecular weight is 428 g/mol. The minimum Gasteiger partial charge on any atom is -0.473 e. The summed E-state index contributed by atoms with van der Waals surface area (Å²) in [5.41, 5.74) is 1.92. The van der Waals surface area contributed by atoms with E-state index in [4.69, 9.17) is 4.74 Å². The number of aliphatic imine (C=N–C) groups is 2. The average Bonchev–Trinajstić information content (AvgIpc) is 2.76. The second-order valence-corrected chi connectivity index (χ2v) is 7.63. The highest BCUT2D eigenvalue weighted by molar-refractivity contribution is 6.38. The van der Waals surface area contributed by atoms with E-state index in [-0.39, 0.29) is 12.0 Å². The highest BCUT2D eigenvalue weighted by atomic mass is 16.5. The normalized spacial score (nSPS) is 15.8. The van der Waals surface area contributed by atoms with Crippen LogP contribution in [0.15, 0.2) is 40.5 Å². The Morgan fingerprint density at radius 1 is 1.39 bits per heavy atom. The summed E-state index contributed by atoms with van der Waals surface area (Å²) in [5.74, 6) is 1.00. The Labute approximate surface area is 184 Å². The van der Waals surface area contributed by atoms with Crippen LogP contribution in [-0.2, 0) is 9.53 Å². The quantitative estimate of drug-likeness (QED) is 0.301. The molecule has 2 heterocycles. The molecule has 1 aliphatic heterocycles. The summed E-state index contributed by atoms with van der Waals surface area (Å²) in [4.78, 5) is 29.5. The number of ether oxygens (including phenoxy) is 1. The van der Waals surface area contributed by atoms with Crippen LogP contribution >= 0.6 is 0 Å². The molecule has 0 radical (unpaired) electrons. The van der Waals surface area contributed by atoms with Gasteiger partial charge in [-0.25, -0.2) is 20.0 Å². The highest BCUT2D eigenvalue weighted by Crippen LogP contribution is 2.27. The third-order valence-electron chi connectivity index (χ3n) is 4.80. The fraction of sp³-hybridized carbons (Fsp3) is 0.500. The first kappa shape index (κ1) is 24.2. The lowest BCUT2D eigenvalue weighted by atomic mass is 9.98. The van der Waals surface area contributed by atoms with Gasteiger partial charge in [-0.05, 0) is 72.3 Å². The molecule has 0 atom stereocenters. The van der Waals surface area contributed by atoms with E-state index in [2.05, 4.69) is 49.2 Å². The number of piperidine rings is 1. The molecule has 0 aromatic carbocycles. The lowest BCUT2D eigenvalue weighted by Crippen LogP contribution is -2.38. The largest absolute Gasteiger partial charge is 0.473 e. The fourth-order valence-electron chi connectivity index (χ4n) is 3.09. The summed E-state index contributed by atoms with van der Waals surface area (Å²) < 4.78 is 5.67. The lowest BCUT2D eigenvalue weighted by molar-refractivity contribution is -0.115. The van der Waals surface area contributed by atoms with Crippen LogP contribution in [0.1, 0.15) is 39.3 Å². The molecule has 1 saturated heterocycles. The zero-order valence-electron chi connectivity index (χ0n) is 18.9. The summed E-state index contributed by atoms with van der Waals surface area (Å²) in [7, 11) is 0. The first-order chi connectivity index (χ1) is 14.8. The fourth-order valence-corrected chi connectivity index (χ4v) is 3.09. The van der Waals surface area contributed by atoms with Gasteiger partial charge in [0.25, 0.3) is 5.91 Å². The second-order valence-electron chi connectivity index (χ2n) is 7.63. The van der Waals surface area contributed by atoms with Gasteiger partial charge in [0.1, 0.15) is 23.4 Å². The van der Waals surface area contributed by atoms with Crippen molar-refractivity contribution in [3.05, 3.63) is 36.3 Å². The van der Waals surface area contributed by atoms with Crippen molar-refractivity contribution < 1.29 is 9.53 Å². The van der Waals surface area contributed by atoms with Crippen LogP contribution in [0.4, 0.5) is 11.5 Å². The second kappa shape index (κ2) is 11.9. The maximum atomic E-state index is 12.6. The van der Waals surface area contributed by atoms with Crippen molar-refractivity contribution in [3.63, 3.8) is 0 Å². The molecule has 0 aliphatic carbocycles. The Morgan fingerprint density at radius 2 is 2.10 bits per heavy atom. The van der Waals surface area contributed by atoms with Gasteiger partial charge >= 0.3 is 0 Å². The Hall–Kier alpha value is -3.07. The molecule has 0 spiro atoms. The first-order valence-electron chi connectivity index (χ1n) is 10.5. The van der Waals surface area contributed by atoms with Gasteiger partial charge in [-0.15, -0.1) is 0 Å². The van der Waals surface area contributed by atoms with Crippen molar-refractivity contribution in [2.24, 2.45) is 15.9 Å². The first-order valence-corrected chi connectivity index (χ1v) is 10.5. The molecule has 168 valence electrons. The van der Waals surface area contributed by atoms with Crippen LogP contribution < -0.4 is 16.0 Å². The molecule has 9 nitrogen and oxygen atoms in total. The number of allylic oxidation sites excluding steroid dienone is 1. The number of nitrogens with one attached hydrogen (secondary N) is 3. The predicted molar refractivity (Wildman–Crippen MR) is 125 cm³/mol. The Balaban J connectivity index is 2.22. The van der Waals surface area contributed by atoms with Crippen molar-refractivity contribution in [2.75, 3.05) is 25.0 Å². The van der Waals surface area contributed by atoms with Gasteiger partial charge in [0, 0.05) is 6.54 Å². The molecule has 1 amide bonds. The van der Waals surface area contributed by atoms with Crippen LogP contribution in [0.3, 0.4) is 0 Å². The Bertz CT molecular complexity index is 855. The van der Waals surface area contributed by atoms with Crippen LogP contribution in [0.25, 0.3) is 0 Å². The highest BCUT2D eigenvalue weighted by Gasteiger charge is 2.17. The topological polar surface area (TPSA) is 113 Å². The van der Waals surface area contributed by atoms with Gasteiger partial charge in [-0.1, -0.05) is 6.58 Å². The zero-order valence-corrected chi connectivity index (χ0v) is 18.9. The number of amides is 1. The zero-order chi connectivity index (χ0) is 22.8. The van der Waals surface area contributed by atoms with E-state index in [1.807, 2.05) is 13.8 Å². The van der Waals surface area contributed by atoms with Crippen molar-refractivity contribution in [1.82, 2.24) is 20.6 Å². The molecule has 1 aliphatic rings. The number of carbonyl (C=O) groups is 1. The number of hydrogen-bond acceptors (Lipinski definition) is 8. The molecule has 1 fully saturated rings. The molecular formula is C22H33N7O2. The van der Waals surface area contributed by atoms with E-state index in [1.165, 1.54) is 6.33 Å². The van der Waals surface area contributed by atoms with E-state index in [1.54, 1.807) is 19.9 Å². The molecule has 0 bridgehead atoms. The molecule has 0 unspecified atom stereocenters. The molecule has 1 aromatic rings. The summed E-state index contributed by atoms with van der Waals surface area (Å²) in [6.07, 6.45) is 5.02. The van der Waals surface area contributed by atoms with Crippen LogP contribution in [0.5, 0.6) is 0 Å². The summed E-state index contributed by atoms with van der Waals surface area (Å²) in [5, 5.41) is 9.44. The monoisotopic (exact) mass is 427 g/mol. The van der Waals surface area contributed by atoms with E-state index < -0.39 is 0 Å². The standard InChI is InChI=1S/C22H33N7O2/c1-7-18(22(23-6)31-14(2)3)29-20-19(15(4)26-13-27-20)28-16(5)21(30)25-12-17-8-10-24-11-9-17/h7,13-14,17,24H,1,6,8-12H2,2-5H3,(H,25,30)(H,26,27,29)/b22-18-,28-16+. The van der Waals surface area contributed by atoms with Crippen molar-refractivity contribution in [3.8, 4) is 0 Å². The third kappa shape index (κ3) is 7.29.